The monoisotopic (exact) mass is 499 g/mol. The highest BCUT2D eigenvalue weighted by atomic mass is 16.3. The van der Waals surface area contributed by atoms with Gasteiger partial charge in [0.2, 0.25) is 0 Å². The molecule has 5 aliphatic rings. The van der Waals surface area contributed by atoms with Gasteiger partial charge in [-0.05, 0) is 118 Å². The molecule has 7 atom stereocenters. The average Bonchev–Trinajstić information content (AvgIpc) is 3.67. The number of anilines is 1. The van der Waals surface area contributed by atoms with E-state index in [9.17, 15) is 9.90 Å². The Balaban J connectivity index is 1.44. The van der Waals surface area contributed by atoms with Crippen molar-refractivity contribution in [1.29, 1.82) is 0 Å². The van der Waals surface area contributed by atoms with Crippen molar-refractivity contribution in [3.05, 3.63) is 41.5 Å². The average molecular weight is 500 g/mol. The van der Waals surface area contributed by atoms with Crippen LogP contribution < -0.4 is 4.90 Å². The molecule has 3 nitrogen and oxygen atoms in total. The quantitative estimate of drug-likeness (QED) is 0.460. The van der Waals surface area contributed by atoms with E-state index < -0.39 is 5.60 Å². The van der Waals surface area contributed by atoms with Crippen molar-refractivity contribution in [3.63, 3.8) is 0 Å². The summed E-state index contributed by atoms with van der Waals surface area (Å²) in [6, 6.07) is 9.75. The summed E-state index contributed by atoms with van der Waals surface area (Å²) in [6.45, 7) is 9.29. The van der Waals surface area contributed by atoms with E-state index in [1.165, 1.54) is 29.7 Å². The van der Waals surface area contributed by atoms with E-state index in [2.05, 4.69) is 75.7 Å². The summed E-state index contributed by atoms with van der Waals surface area (Å²) in [7, 11) is 2.16. The van der Waals surface area contributed by atoms with Crippen LogP contribution in [0.5, 0.6) is 0 Å². The number of nitrogens with zero attached hydrogens (tertiary/aromatic N) is 1. The molecule has 0 heterocycles. The maximum atomic E-state index is 12.4. The van der Waals surface area contributed by atoms with Gasteiger partial charge >= 0.3 is 0 Å². The third-order valence-corrected chi connectivity index (χ3v) is 11.6. The van der Waals surface area contributed by atoms with Gasteiger partial charge in [0.15, 0.2) is 5.78 Å². The third-order valence-electron chi connectivity index (χ3n) is 11.6. The van der Waals surface area contributed by atoms with Crippen LogP contribution in [0.4, 0.5) is 5.69 Å². The number of benzene rings is 1. The second-order valence-corrected chi connectivity index (χ2v) is 13.9. The molecule has 0 unspecified atom stereocenters. The highest BCUT2D eigenvalue weighted by Gasteiger charge is 2.66. The van der Waals surface area contributed by atoms with Gasteiger partial charge in [0.05, 0.1) is 0 Å². The number of carbonyl (C=O) groups excluding carboxylic acids is 1. The van der Waals surface area contributed by atoms with Crippen molar-refractivity contribution >= 4 is 11.5 Å². The first-order valence-electron chi connectivity index (χ1n) is 14.9. The van der Waals surface area contributed by atoms with E-state index in [1.807, 2.05) is 6.08 Å². The molecule has 0 aromatic heterocycles. The maximum absolute atomic E-state index is 12.4. The number of carbonyl (C=O) groups is 1. The van der Waals surface area contributed by atoms with Crippen LogP contribution in [0.2, 0.25) is 0 Å². The number of allylic oxidation sites excluding steroid dienone is 1. The van der Waals surface area contributed by atoms with Crippen LogP contribution >= 0.6 is 0 Å². The van der Waals surface area contributed by atoms with Gasteiger partial charge < -0.3 is 10.0 Å². The van der Waals surface area contributed by atoms with Crippen molar-refractivity contribution < 1.29 is 9.90 Å². The van der Waals surface area contributed by atoms with Crippen molar-refractivity contribution in [2.75, 3.05) is 11.9 Å². The summed E-state index contributed by atoms with van der Waals surface area (Å²) in [5.41, 5.74) is 3.03. The Morgan fingerprint density at radius 2 is 1.76 bits per heavy atom. The van der Waals surface area contributed by atoms with Crippen LogP contribution in [-0.2, 0) is 4.79 Å². The number of fused-ring (bicyclic) bond motifs is 5. The van der Waals surface area contributed by atoms with Gasteiger partial charge in [0, 0.05) is 36.5 Å². The largest absolute Gasteiger partial charge is 0.377 e. The molecule has 0 bridgehead atoms. The first-order chi connectivity index (χ1) is 17.6. The molecular formula is C34H45NO2. The fraction of sp³-hybridized carbons (Fsp3) is 0.676. The van der Waals surface area contributed by atoms with Gasteiger partial charge in [0.1, 0.15) is 5.60 Å². The molecule has 1 aromatic carbocycles. The fourth-order valence-corrected chi connectivity index (χ4v) is 8.98. The van der Waals surface area contributed by atoms with E-state index >= 15 is 0 Å². The Hall–Kier alpha value is -2.05. The van der Waals surface area contributed by atoms with Gasteiger partial charge in [0.25, 0.3) is 0 Å². The normalized spacial score (nSPS) is 40.7. The van der Waals surface area contributed by atoms with Crippen LogP contribution in [-0.4, -0.2) is 29.6 Å². The minimum absolute atomic E-state index is 0.0661. The lowest BCUT2D eigenvalue weighted by atomic mass is 9.43. The number of rotatable bonds is 3. The predicted molar refractivity (Wildman–Crippen MR) is 150 cm³/mol. The summed E-state index contributed by atoms with van der Waals surface area (Å²) in [5, 5.41) is 12.2. The Labute approximate surface area is 224 Å². The molecule has 6 rings (SSSR count). The molecular weight excluding hydrogens is 454 g/mol. The van der Waals surface area contributed by atoms with Crippen LogP contribution in [0.15, 0.2) is 35.9 Å². The first-order valence-corrected chi connectivity index (χ1v) is 14.9. The molecule has 0 spiro atoms. The van der Waals surface area contributed by atoms with E-state index in [1.54, 1.807) is 0 Å². The summed E-state index contributed by atoms with van der Waals surface area (Å²) >= 11 is 0. The van der Waals surface area contributed by atoms with Crippen molar-refractivity contribution in [1.82, 2.24) is 0 Å². The topological polar surface area (TPSA) is 40.5 Å². The molecule has 198 valence electrons. The number of hydrogen-bond donors (Lipinski definition) is 1. The lowest BCUT2D eigenvalue weighted by Crippen LogP contribution is -2.57. The Morgan fingerprint density at radius 1 is 1.03 bits per heavy atom. The molecule has 37 heavy (non-hydrogen) atoms. The first kappa shape index (κ1) is 25.2. The number of ketones is 1. The SMILES string of the molecule is CC(C)N(C)c1ccc([C@H]2C[C@@]3(C)[C@@H](CC[C@@]3(O)C#CC3CC3)[C@@H]3CCC4=CC(=O)CC[C@]4(C)[C@H]32)cc1. The molecule has 1 N–H and O–H groups in total. The van der Waals surface area contributed by atoms with Crippen LogP contribution in [0.3, 0.4) is 0 Å². The fourth-order valence-electron chi connectivity index (χ4n) is 8.98. The molecule has 4 fully saturated rings. The lowest BCUT2D eigenvalue weighted by molar-refractivity contribution is -0.122. The number of hydrogen-bond acceptors (Lipinski definition) is 3. The Kier molecular flexibility index (Phi) is 5.96. The second-order valence-electron chi connectivity index (χ2n) is 13.9. The van der Waals surface area contributed by atoms with E-state index in [0.29, 0.717) is 47.8 Å². The van der Waals surface area contributed by atoms with E-state index in [-0.39, 0.29) is 10.8 Å². The molecule has 0 aliphatic heterocycles. The molecule has 4 saturated carbocycles. The van der Waals surface area contributed by atoms with Gasteiger partial charge in [-0.15, -0.1) is 0 Å². The summed E-state index contributed by atoms with van der Waals surface area (Å²) in [4.78, 5) is 14.8. The van der Waals surface area contributed by atoms with Crippen molar-refractivity contribution in [2.24, 2.45) is 34.5 Å². The summed E-state index contributed by atoms with van der Waals surface area (Å²) in [5.74, 6) is 9.68. The Morgan fingerprint density at radius 3 is 2.43 bits per heavy atom. The summed E-state index contributed by atoms with van der Waals surface area (Å²) in [6.07, 6.45) is 11.1. The highest BCUT2D eigenvalue weighted by molar-refractivity contribution is 5.91. The highest BCUT2D eigenvalue weighted by Crippen LogP contribution is 2.70. The van der Waals surface area contributed by atoms with E-state index in [0.717, 1.165) is 38.5 Å². The molecule has 0 radical (unpaired) electrons. The minimum atomic E-state index is -0.888. The molecule has 3 heteroatoms. The smallest absolute Gasteiger partial charge is 0.155 e. The number of aliphatic hydroxyl groups is 1. The zero-order valence-corrected chi connectivity index (χ0v) is 23.5. The third kappa shape index (κ3) is 3.93. The van der Waals surface area contributed by atoms with Crippen LogP contribution in [0, 0.1) is 46.3 Å². The molecule has 1 aromatic rings. The zero-order valence-electron chi connectivity index (χ0n) is 23.5. The lowest BCUT2D eigenvalue weighted by Gasteiger charge is -2.61. The maximum Gasteiger partial charge on any atom is 0.155 e. The predicted octanol–water partition coefficient (Wildman–Crippen LogP) is 6.90. The van der Waals surface area contributed by atoms with Gasteiger partial charge in [-0.2, -0.15) is 0 Å². The van der Waals surface area contributed by atoms with E-state index in [4.69, 9.17) is 0 Å². The molecule has 0 saturated heterocycles. The Bertz CT molecular complexity index is 1170. The van der Waals surface area contributed by atoms with Gasteiger partial charge in [-0.1, -0.05) is 43.4 Å². The van der Waals surface area contributed by atoms with Crippen LogP contribution in [0.25, 0.3) is 0 Å². The molecule has 5 aliphatic carbocycles. The summed E-state index contributed by atoms with van der Waals surface area (Å²) < 4.78 is 0. The standard InChI is InChI=1S/C34H45NO2/c1-22(2)35(5)26-11-8-24(9-12-26)29-21-33(4)30(16-19-34(33,37)18-14-23-6-7-23)28-13-10-25-20-27(36)15-17-32(25,3)31(28)29/h8-9,11-12,20,22-23,28-31,37H,6-7,10,13,15-17,19,21H2,1-5H3/t28-,29+,30-,31+,32-,33-,34-/m0/s1. The van der Waals surface area contributed by atoms with Gasteiger partial charge in [-0.3, -0.25) is 4.79 Å². The second kappa shape index (κ2) is 8.74. The molecule has 0 amide bonds. The van der Waals surface area contributed by atoms with Crippen LogP contribution in [0.1, 0.15) is 97.0 Å². The van der Waals surface area contributed by atoms with Crippen molar-refractivity contribution in [2.45, 2.75) is 103 Å². The van der Waals surface area contributed by atoms with Gasteiger partial charge in [-0.25, -0.2) is 0 Å². The minimum Gasteiger partial charge on any atom is -0.377 e. The zero-order chi connectivity index (χ0) is 26.2. The van der Waals surface area contributed by atoms with Crippen molar-refractivity contribution in [3.8, 4) is 11.8 Å².